The van der Waals surface area contributed by atoms with Gasteiger partial charge in [0.25, 0.3) is 0 Å². The molecule has 4 rings (SSSR count). The molecule has 3 aromatic rings. The van der Waals surface area contributed by atoms with Gasteiger partial charge in [0.05, 0.1) is 12.8 Å². The van der Waals surface area contributed by atoms with Gasteiger partial charge in [-0.05, 0) is 12.1 Å². The van der Waals surface area contributed by atoms with Crippen LogP contribution in [-0.4, -0.2) is 28.7 Å². The molecule has 0 atom stereocenters. The number of fused-ring (bicyclic) bond motifs is 1. The number of rotatable bonds is 5. The Morgan fingerprint density at radius 2 is 2.19 bits per heavy atom. The van der Waals surface area contributed by atoms with Crippen molar-refractivity contribution in [2.75, 3.05) is 13.7 Å². The Morgan fingerprint density at radius 1 is 1.31 bits per heavy atom. The number of methoxy groups -OCH3 is 1. The predicted molar refractivity (Wildman–Crippen MR) is 96.9 cm³/mol. The first kappa shape index (κ1) is 16.8. The van der Waals surface area contributed by atoms with E-state index in [-0.39, 0.29) is 0 Å². The Hall–Kier alpha value is -2.60. The minimum atomic E-state index is 0.300. The highest BCUT2D eigenvalue weighted by molar-refractivity contribution is 5.65. The average molecular weight is 353 g/mol. The maximum Gasteiger partial charge on any atom is 0.196 e. The van der Waals surface area contributed by atoms with E-state index in [4.69, 9.17) is 13.7 Å². The highest BCUT2D eigenvalue weighted by Gasteiger charge is 2.25. The zero-order chi connectivity index (χ0) is 18.1. The fraction of sp³-hybridized carbons (Fsp3) is 0.400. The maximum atomic E-state index is 5.60. The number of oxazole rings is 1. The molecule has 136 valence electrons. The van der Waals surface area contributed by atoms with Crippen molar-refractivity contribution in [3.05, 3.63) is 53.4 Å². The van der Waals surface area contributed by atoms with Gasteiger partial charge in [-0.25, -0.2) is 4.98 Å². The maximum absolute atomic E-state index is 5.60. The van der Waals surface area contributed by atoms with Crippen molar-refractivity contribution in [1.82, 2.24) is 15.0 Å². The van der Waals surface area contributed by atoms with Gasteiger partial charge < -0.3 is 13.7 Å². The number of nitrogens with zero attached hydrogens (tertiary/aromatic N) is 3. The zero-order valence-corrected chi connectivity index (χ0v) is 15.4. The Morgan fingerprint density at radius 3 is 2.96 bits per heavy atom. The van der Waals surface area contributed by atoms with E-state index in [2.05, 4.69) is 28.9 Å². The minimum Gasteiger partial charge on any atom is -0.497 e. The second kappa shape index (κ2) is 6.96. The smallest absolute Gasteiger partial charge is 0.196 e. The van der Waals surface area contributed by atoms with Crippen molar-refractivity contribution >= 4 is 0 Å². The van der Waals surface area contributed by atoms with Gasteiger partial charge in [0.15, 0.2) is 5.89 Å². The normalized spacial score (nSPS) is 14.6. The molecule has 0 bridgehead atoms. The van der Waals surface area contributed by atoms with E-state index in [1.165, 1.54) is 0 Å². The lowest BCUT2D eigenvalue weighted by molar-refractivity contribution is 0.226. The molecule has 0 aliphatic carbocycles. The van der Waals surface area contributed by atoms with Crippen molar-refractivity contribution in [2.24, 2.45) is 0 Å². The zero-order valence-electron chi connectivity index (χ0n) is 15.4. The predicted octanol–water partition coefficient (Wildman–Crippen LogP) is 4.02. The molecule has 1 aliphatic rings. The van der Waals surface area contributed by atoms with Crippen LogP contribution >= 0.6 is 0 Å². The van der Waals surface area contributed by atoms with Crippen molar-refractivity contribution in [3.63, 3.8) is 0 Å². The van der Waals surface area contributed by atoms with Crippen LogP contribution in [0.2, 0.25) is 0 Å². The van der Waals surface area contributed by atoms with Crippen LogP contribution in [0.15, 0.2) is 39.5 Å². The molecule has 1 aromatic carbocycles. The molecular formula is C20H23N3O3. The van der Waals surface area contributed by atoms with E-state index in [9.17, 15) is 0 Å². The molecule has 2 aromatic heterocycles. The van der Waals surface area contributed by atoms with Gasteiger partial charge >= 0.3 is 0 Å². The summed E-state index contributed by atoms with van der Waals surface area (Å²) in [4.78, 5) is 6.94. The number of benzene rings is 1. The van der Waals surface area contributed by atoms with Crippen molar-refractivity contribution in [1.29, 1.82) is 0 Å². The molecule has 0 amide bonds. The summed E-state index contributed by atoms with van der Waals surface area (Å²) in [5, 5.41) is 4.32. The monoisotopic (exact) mass is 353 g/mol. The van der Waals surface area contributed by atoms with Gasteiger partial charge in [-0.15, -0.1) is 0 Å². The van der Waals surface area contributed by atoms with Crippen molar-refractivity contribution < 1.29 is 13.7 Å². The van der Waals surface area contributed by atoms with Crippen LogP contribution in [0, 0.1) is 0 Å². The van der Waals surface area contributed by atoms with Crippen LogP contribution in [-0.2, 0) is 19.5 Å². The Labute approximate surface area is 152 Å². The lowest BCUT2D eigenvalue weighted by Gasteiger charge is -2.25. The second-order valence-electron chi connectivity index (χ2n) is 6.96. The Bertz CT molecular complexity index is 897. The summed E-state index contributed by atoms with van der Waals surface area (Å²) < 4.78 is 16.5. The van der Waals surface area contributed by atoms with Gasteiger partial charge in [-0.3, -0.25) is 4.90 Å². The molecule has 6 nitrogen and oxygen atoms in total. The van der Waals surface area contributed by atoms with E-state index >= 15 is 0 Å². The summed E-state index contributed by atoms with van der Waals surface area (Å²) in [5.41, 5.74) is 4.03. The van der Waals surface area contributed by atoms with Gasteiger partial charge in [0.1, 0.15) is 23.5 Å². The Kier molecular flexibility index (Phi) is 4.51. The third kappa shape index (κ3) is 3.24. The number of ether oxygens (including phenoxy) is 1. The fourth-order valence-corrected chi connectivity index (χ4v) is 3.29. The van der Waals surface area contributed by atoms with E-state index in [1.807, 2.05) is 24.3 Å². The van der Waals surface area contributed by atoms with Crippen LogP contribution in [0.4, 0.5) is 0 Å². The second-order valence-corrected chi connectivity index (χ2v) is 6.96. The molecule has 0 saturated carbocycles. The van der Waals surface area contributed by atoms with Crippen LogP contribution < -0.4 is 4.74 Å². The lowest BCUT2D eigenvalue weighted by atomic mass is 10.0. The lowest BCUT2D eigenvalue weighted by Crippen LogP contribution is -2.29. The molecule has 1 aliphatic heterocycles. The quantitative estimate of drug-likeness (QED) is 0.690. The van der Waals surface area contributed by atoms with Crippen molar-refractivity contribution in [3.8, 4) is 17.0 Å². The summed E-state index contributed by atoms with van der Waals surface area (Å²) in [7, 11) is 1.67. The first-order chi connectivity index (χ1) is 12.6. The summed E-state index contributed by atoms with van der Waals surface area (Å²) in [5.74, 6) is 2.88. The van der Waals surface area contributed by atoms with E-state index < -0.39 is 0 Å². The summed E-state index contributed by atoms with van der Waals surface area (Å²) in [6.45, 7) is 6.64. The summed E-state index contributed by atoms with van der Waals surface area (Å²) in [6, 6.07) is 7.92. The van der Waals surface area contributed by atoms with Gasteiger partial charge in [-0.2, -0.15) is 0 Å². The van der Waals surface area contributed by atoms with Gasteiger partial charge in [0, 0.05) is 43.1 Å². The molecule has 0 saturated heterocycles. The van der Waals surface area contributed by atoms with Crippen LogP contribution in [0.3, 0.4) is 0 Å². The first-order valence-electron chi connectivity index (χ1n) is 8.92. The van der Waals surface area contributed by atoms with Gasteiger partial charge in [-0.1, -0.05) is 31.1 Å². The number of aromatic nitrogens is 2. The largest absolute Gasteiger partial charge is 0.497 e. The van der Waals surface area contributed by atoms with E-state index in [1.54, 1.807) is 13.4 Å². The van der Waals surface area contributed by atoms with E-state index in [0.29, 0.717) is 5.92 Å². The van der Waals surface area contributed by atoms with Crippen molar-refractivity contribution in [2.45, 2.75) is 39.3 Å². The third-order valence-electron chi connectivity index (χ3n) is 4.70. The number of hydrogen-bond donors (Lipinski definition) is 0. The topological polar surface area (TPSA) is 64.5 Å². The van der Waals surface area contributed by atoms with Gasteiger partial charge in [0.2, 0.25) is 0 Å². The molecular weight excluding hydrogens is 330 g/mol. The minimum absolute atomic E-state index is 0.300. The molecule has 0 radical (unpaired) electrons. The van der Waals surface area contributed by atoms with Crippen LogP contribution in [0.25, 0.3) is 11.3 Å². The molecule has 3 heterocycles. The standard InChI is InChI=1S/C20H23N3O3/c1-13(2)20-21-15(12-25-20)10-23-8-7-18-17(11-23)19(22-26-18)14-5-4-6-16(9-14)24-3/h4-6,9,12-13H,7-8,10-11H2,1-3H3. The molecule has 0 fully saturated rings. The third-order valence-corrected chi connectivity index (χ3v) is 4.70. The number of hydrogen-bond acceptors (Lipinski definition) is 6. The summed E-state index contributed by atoms with van der Waals surface area (Å²) >= 11 is 0. The molecule has 6 heteroatoms. The SMILES string of the molecule is COc1cccc(-c2noc3c2CN(Cc2coc(C(C)C)n2)CC3)c1. The van der Waals surface area contributed by atoms with E-state index in [0.717, 1.165) is 66.0 Å². The molecule has 26 heavy (non-hydrogen) atoms. The molecule has 0 spiro atoms. The Balaban J connectivity index is 1.55. The first-order valence-corrected chi connectivity index (χ1v) is 8.92. The average Bonchev–Trinajstić information content (AvgIpc) is 3.28. The molecule has 0 unspecified atom stereocenters. The van der Waals surface area contributed by atoms with Crippen LogP contribution in [0.5, 0.6) is 5.75 Å². The highest BCUT2D eigenvalue weighted by atomic mass is 16.5. The van der Waals surface area contributed by atoms with Crippen LogP contribution in [0.1, 0.15) is 42.7 Å². The highest BCUT2D eigenvalue weighted by Crippen LogP contribution is 2.32. The molecule has 0 N–H and O–H groups in total. The fourth-order valence-electron chi connectivity index (χ4n) is 3.29. The summed E-state index contributed by atoms with van der Waals surface area (Å²) in [6.07, 6.45) is 2.61.